The summed E-state index contributed by atoms with van der Waals surface area (Å²) in [6.07, 6.45) is 3.22. The molecular formula is C26H20N4O4S. The van der Waals surface area contributed by atoms with Gasteiger partial charge in [0, 0.05) is 46.4 Å². The summed E-state index contributed by atoms with van der Waals surface area (Å²) in [6.45, 7) is 0. The predicted molar refractivity (Wildman–Crippen MR) is 135 cm³/mol. The monoisotopic (exact) mass is 484 g/mol. The van der Waals surface area contributed by atoms with Gasteiger partial charge in [0.25, 0.3) is 11.6 Å². The molecule has 0 fully saturated rings. The zero-order valence-electron chi connectivity index (χ0n) is 18.3. The summed E-state index contributed by atoms with van der Waals surface area (Å²) in [5.41, 5.74) is 2.08. The van der Waals surface area contributed by atoms with Crippen molar-refractivity contribution in [3.05, 3.63) is 125 Å². The maximum Gasteiger partial charge on any atom is 0.270 e. The van der Waals surface area contributed by atoms with Crippen molar-refractivity contribution in [2.45, 2.75) is 10.1 Å². The minimum absolute atomic E-state index is 0.151. The summed E-state index contributed by atoms with van der Waals surface area (Å²) in [7, 11) is 0. The minimum Gasteiger partial charge on any atom is -0.325 e. The third kappa shape index (κ3) is 6.30. The van der Waals surface area contributed by atoms with E-state index >= 15 is 0 Å². The Hall–Kier alpha value is -4.50. The van der Waals surface area contributed by atoms with Crippen LogP contribution in [0.5, 0.6) is 0 Å². The Bertz CT molecular complexity index is 1330. The molecule has 0 saturated heterocycles. The number of carbonyl (C=O) groups is 2. The SMILES string of the molecule is O=C(Nc1ccc(SC(C(=O)Nc2ccncc2)c2ccccc2)cc1)c1cccc([N+](=O)[O-])c1. The molecule has 174 valence electrons. The molecule has 0 radical (unpaired) electrons. The Morgan fingerprint density at radius 2 is 1.51 bits per heavy atom. The van der Waals surface area contributed by atoms with E-state index in [1.54, 1.807) is 36.7 Å². The van der Waals surface area contributed by atoms with Crippen LogP contribution in [0.4, 0.5) is 17.1 Å². The van der Waals surface area contributed by atoms with Gasteiger partial charge >= 0.3 is 0 Å². The Labute approximate surface area is 205 Å². The van der Waals surface area contributed by atoms with Crippen LogP contribution in [0, 0.1) is 10.1 Å². The molecule has 1 aromatic heterocycles. The topological polar surface area (TPSA) is 114 Å². The van der Waals surface area contributed by atoms with E-state index in [1.165, 1.54) is 36.0 Å². The Balaban J connectivity index is 1.47. The van der Waals surface area contributed by atoms with Crippen molar-refractivity contribution in [1.82, 2.24) is 4.98 Å². The standard InChI is InChI=1S/C26H20N4O4S/c31-25(19-7-4-8-22(17-19)30(33)34)28-20-9-11-23(12-10-20)35-24(18-5-2-1-3-6-18)26(32)29-21-13-15-27-16-14-21/h1-17,24H,(H,28,31)(H,27,29,32). The van der Waals surface area contributed by atoms with Gasteiger partial charge in [-0.25, -0.2) is 0 Å². The fourth-order valence-corrected chi connectivity index (χ4v) is 4.29. The third-order valence-corrected chi connectivity index (χ3v) is 6.24. The number of rotatable bonds is 8. The fraction of sp³-hybridized carbons (Fsp3) is 0.0385. The van der Waals surface area contributed by atoms with Crippen LogP contribution in [-0.4, -0.2) is 21.7 Å². The van der Waals surface area contributed by atoms with Crippen LogP contribution >= 0.6 is 11.8 Å². The van der Waals surface area contributed by atoms with Gasteiger partial charge in [-0.2, -0.15) is 0 Å². The summed E-state index contributed by atoms with van der Waals surface area (Å²) >= 11 is 1.38. The van der Waals surface area contributed by atoms with Gasteiger partial charge in [-0.1, -0.05) is 36.4 Å². The highest BCUT2D eigenvalue weighted by Crippen LogP contribution is 2.36. The maximum atomic E-state index is 13.1. The van der Waals surface area contributed by atoms with E-state index in [0.717, 1.165) is 10.5 Å². The van der Waals surface area contributed by atoms with Crippen LogP contribution in [0.15, 0.2) is 108 Å². The molecule has 0 aliphatic rings. The first-order chi connectivity index (χ1) is 17.0. The Morgan fingerprint density at radius 1 is 0.829 bits per heavy atom. The number of amides is 2. The molecule has 2 N–H and O–H groups in total. The minimum atomic E-state index is -0.545. The molecule has 0 bridgehead atoms. The maximum absolute atomic E-state index is 13.1. The van der Waals surface area contributed by atoms with Crippen molar-refractivity contribution < 1.29 is 14.5 Å². The number of nitro benzene ring substituents is 1. The van der Waals surface area contributed by atoms with E-state index in [4.69, 9.17) is 0 Å². The molecule has 0 aliphatic heterocycles. The summed E-state index contributed by atoms with van der Waals surface area (Å²) in [4.78, 5) is 40.8. The molecule has 2 amide bonds. The molecule has 1 heterocycles. The summed E-state index contributed by atoms with van der Waals surface area (Å²) in [5, 5.41) is 16.1. The van der Waals surface area contributed by atoms with Gasteiger partial charge in [-0.05, 0) is 48.0 Å². The largest absolute Gasteiger partial charge is 0.325 e. The lowest BCUT2D eigenvalue weighted by Crippen LogP contribution is -2.19. The first-order valence-electron chi connectivity index (χ1n) is 10.6. The zero-order valence-corrected chi connectivity index (χ0v) is 19.1. The number of nitrogens with one attached hydrogen (secondary N) is 2. The van der Waals surface area contributed by atoms with Gasteiger partial charge in [0.2, 0.25) is 5.91 Å². The van der Waals surface area contributed by atoms with Gasteiger partial charge in [-0.3, -0.25) is 24.7 Å². The van der Waals surface area contributed by atoms with Crippen molar-refractivity contribution in [2.75, 3.05) is 10.6 Å². The average molecular weight is 485 g/mol. The van der Waals surface area contributed by atoms with E-state index in [-0.39, 0.29) is 17.2 Å². The van der Waals surface area contributed by atoms with E-state index in [1.807, 2.05) is 42.5 Å². The third-order valence-electron chi connectivity index (χ3n) is 4.97. The van der Waals surface area contributed by atoms with Gasteiger partial charge in [0.05, 0.1) is 4.92 Å². The van der Waals surface area contributed by atoms with Gasteiger partial charge < -0.3 is 10.6 Å². The molecule has 4 aromatic rings. The van der Waals surface area contributed by atoms with Crippen molar-refractivity contribution in [2.24, 2.45) is 0 Å². The first-order valence-corrected chi connectivity index (χ1v) is 11.5. The lowest BCUT2D eigenvalue weighted by Gasteiger charge is -2.17. The van der Waals surface area contributed by atoms with Crippen molar-refractivity contribution in [3.63, 3.8) is 0 Å². The number of hydrogen-bond donors (Lipinski definition) is 2. The molecule has 35 heavy (non-hydrogen) atoms. The lowest BCUT2D eigenvalue weighted by molar-refractivity contribution is -0.384. The summed E-state index contributed by atoms with van der Waals surface area (Å²) < 4.78 is 0. The summed E-state index contributed by atoms with van der Waals surface area (Å²) in [6, 6.07) is 25.5. The van der Waals surface area contributed by atoms with Crippen molar-refractivity contribution in [3.8, 4) is 0 Å². The smallest absolute Gasteiger partial charge is 0.270 e. The quantitative estimate of drug-likeness (QED) is 0.188. The molecule has 0 saturated carbocycles. The Kier molecular flexibility index (Phi) is 7.49. The highest BCUT2D eigenvalue weighted by atomic mass is 32.2. The molecule has 0 spiro atoms. The molecule has 3 aromatic carbocycles. The predicted octanol–water partition coefficient (Wildman–Crippen LogP) is 5.71. The van der Waals surface area contributed by atoms with Crippen LogP contribution in [0.25, 0.3) is 0 Å². The number of non-ortho nitro benzene ring substituents is 1. The van der Waals surface area contributed by atoms with E-state index in [2.05, 4.69) is 15.6 Å². The molecule has 0 aliphatic carbocycles. The fourth-order valence-electron chi connectivity index (χ4n) is 3.26. The van der Waals surface area contributed by atoms with E-state index in [0.29, 0.717) is 11.4 Å². The highest BCUT2D eigenvalue weighted by molar-refractivity contribution is 8.00. The second-order valence-electron chi connectivity index (χ2n) is 7.42. The molecule has 8 nitrogen and oxygen atoms in total. The van der Waals surface area contributed by atoms with Crippen LogP contribution < -0.4 is 10.6 Å². The number of thioether (sulfide) groups is 1. The van der Waals surface area contributed by atoms with E-state index < -0.39 is 16.1 Å². The van der Waals surface area contributed by atoms with E-state index in [9.17, 15) is 19.7 Å². The van der Waals surface area contributed by atoms with Crippen molar-refractivity contribution in [1.29, 1.82) is 0 Å². The molecule has 9 heteroatoms. The average Bonchev–Trinajstić information content (AvgIpc) is 2.89. The normalized spacial score (nSPS) is 11.3. The number of nitrogens with zero attached hydrogens (tertiary/aromatic N) is 2. The van der Waals surface area contributed by atoms with Gasteiger partial charge in [-0.15, -0.1) is 11.8 Å². The number of carbonyl (C=O) groups excluding carboxylic acids is 2. The van der Waals surface area contributed by atoms with Crippen LogP contribution in [0.1, 0.15) is 21.2 Å². The molecular weight excluding hydrogens is 464 g/mol. The second kappa shape index (κ2) is 11.1. The highest BCUT2D eigenvalue weighted by Gasteiger charge is 2.22. The lowest BCUT2D eigenvalue weighted by atomic mass is 10.1. The van der Waals surface area contributed by atoms with Gasteiger partial charge in [0.15, 0.2) is 0 Å². The zero-order chi connectivity index (χ0) is 24.6. The molecule has 4 rings (SSSR count). The number of hydrogen-bond acceptors (Lipinski definition) is 6. The van der Waals surface area contributed by atoms with Crippen LogP contribution in [0.2, 0.25) is 0 Å². The number of anilines is 2. The van der Waals surface area contributed by atoms with Crippen LogP contribution in [-0.2, 0) is 4.79 Å². The molecule has 1 atom stereocenters. The molecule has 1 unspecified atom stereocenters. The number of benzene rings is 3. The second-order valence-corrected chi connectivity index (χ2v) is 8.60. The van der Waals surface area contributed by atoms with Crippen molar-refractivity contribution >= 4 is 40.6 Å². The first kappa shape index (κ1) is 23.7. The van der Waals surface area contributed by atoms with Gasteiger partial charge in [0.1, 0.15) is 5.25 Å². The number of nitro groups is 1. The van der Waals surface area contributed by atoms with Crippen LogP contribution in [0.3, 0.4) is 0 Å². The Morgan fingerprint density at radius 3 is 2.20 bits per heavy atom. The summed E-state index contributed by atoms with van der Waals surface area (Å²) in [5.74, 6) is -0.622. The number of aromatic nitrogens is 1. The number of pyridine rings is 1.